The predicted molar refractivity (Wildman–Crippen MR) is 133 cm³/mol. The molecular formula is C29H33NO5. The van der Waals surface area contributed by atoms with E-state index in [0.29, 0.717) is 13.0 Å². The first-order valence-electron chi connectivity index (χ1n) is 12.7. The predicted octanol–water partition coefficient (Wildman–Crippen LogP) is 5.58. The standard InChI is InChI=1S/C29H33NO5/c31-27(30-34)2-1-11-35-26-9-8-24(23-6-3-19(4-7-23)5-10-28(32)33)15-25(26)29-16-20-12-21(17-29)14-22(13-20)18-29/h3-10,15,20-22,34H,1-2,11-14,16-18H2,(H,30,31)(H,32,33)/b10-5+. The Hall–Kier alpha value is -3.12. The number of hydrogen-bond acceptors (Lipinski definition) is 4. The van der Waals surface area contributed by atoms with Crippen LogP contribution in [0.25, 0.3) is 17.2 Å². The first-order chi connectivity index (χ1) is 16.9. The number of aliphatic carboxylic acids is 1. The van der Waals surface area contributed by atoms with Gasteiger partial charge in [0, 0.05) is 18.1 Å². The van der Waals surface area contributed by atoms with Gasteiger partial charge in [0.25, 0.3) is 0 Å². The Morgan fingerprint density at radius 3 is 2.20 bits per heavy atom. The van der Waals surface area contributed by atoms with Crippen molar-refractivity contribution >= 4 is 18.0 Å². The first kappa shape index (κ1) is 23.6. The number of carboxylic acids is 1. The molecule has 4 fully saturated rings. The molecule has 6 heteroatoms. The third kappa shape index (κ3) is 5.13. The second kappa shape index (κ2) is 9.86. The molecule has 184 valence electrons. The van der Waals surface area contributed by atoms with E-state index in [0.717, 1.165) is 46.3 Å². The number of carboxylic acid groups (broad SMARTS) is 1. The summed E-state index contributed by atoms with van der Waals surface area (Å²) in [4.78, 5) is 22.2. The van der Waals surface area contributed by atoms with Crippen LogP contribution in [0.3, 0.4) is 0 Å². The van der Waals surface area contributed by atoms with Crippen molar-refractivity contribution in [2.45, 2.75) is 56.8 Å². The van der Waals surface area contributed by atoms with Crippen molar-refractivity contribution in [2.24, 2.45) is 17.8 Å². The molecule has 6 nitrogen and oxygen atoms in total. The topological polar surface area (TPSA) is 95.9 Å². The Bertz CT molecular complexity index is 1090. The van der Waals surface area contributed by atoms with Gasteiger partial charge in [-0.2, -0.15) is 0 Å². The summed E-state index contributed by atoms with van der Waals surface area (Å²) in [6, 6.07) is 14.4. The summed E-state index contributed by atoms with van der Waals surface area (Å²) in [7, 11) is 0. The SMILES string of the molecule is O=C(O)/C=C/c1ccc(-c2ccc(OCCCC(=O)NO)c(C34CC5CC(CC(C5)C3)C4)c2)cc1. The highest BCUT2D eigenvalue weighted by molar-refractivity contribution is 5.85. The molecule has 0 unspecified atom stereocenters. The lowest BCUT2D eigenvalue weighted by Crippen LogP contribution is -2.48. The Balaban J connectivity index is 1.43. The molecule has 4 aliphatic carbocycles. The molecule has 0 atom stereocenters. The van der Waals surface area contributed by atoms with Crippen LogP contribution in [0.1, 0.15) is 62.5 Å². The molecule has 0 radical (unpaired) electrons. The third-order valence-electron chi connectivity index (χ3n) is 8.18. The maximum absolute atomic E-state index is 11.4. The number of nitrogens with one attached hydrogen (secondary N) is 1. The number of hydrogen-bond donors (Lipinski definition) is 3. The van der Waals surface area contributed by atoms with Crippen molar-refractivity contribution in [3.05, 3.63) is 59.7 Å². The molecule has 2 aromatic carbocycles. The van der Waals surface area contributed by atoms with E-state index in [2.05, 4.69) is 18.2 Å². The average Bonchev–Trinajstić information content (AvgIpc) is 2.84. The highest BCUT2D eigenvalue weighted by atomic mass is 16.5. The van der Waals surface area contributed by atoms with Gasteiger partial charge < -0.3 is 9.84 Å². The van der Waals surface area contributed by atoms with Gasteiger partial charge in [-0.15, -0.1) is 0 Å². The van der Waals surface area contributed by atoms with Crippen LogP contribution in [0.2, 0.25) is 0 Å². The van der Waals surface area contributed by atoms with Crippen LogP contribution in [0, 0.1) is 17.8 Å². The minimum atomic E-state index is -0.957. The zero-order valence-corrected chi connectivity index (χ0v) is 19.9. The Kier molecular flexibility index (Phi) is 6.65. The monoisotopic (exact) mass is 475 g/mol. The fourth-order valence-corrected chi connectivity index (χ4v) is 7.12. The number of benzene rings is 2. The number of amides is 1. The molecule has 0 spiro atoms. The van der Waals surface area contributed by atoms with E-state index in [-0.39, 0.29) is 11.8 Å². The lowest BCUT2D eigenvalue weighted by molar-refractivity contribution is -0.131. The summed E-state index contributed by atoms with van der Waals surface area (Å²) in [5, 5.41) is 17.6. The molecule has 0 aromatic heterocycles. The van der Waals surface area contributed by atoms with Gasteiger partial charge in [0.2, 0.25) is 5.91 Å². The van der Waals surface area contributed by atoms with Crippen LogP contribution in [-0.2, 0) is 15.0 Å². The largest absolute Gasteiger partial charge is 0.493 e. The molecule has 4 bridgehead atoms. The number of carbonyl (C=O) groups is 2. The summed E-state index contributed by atoms with van der Waals surface area (Å²) >= 11 is 0. The van der Waals surface area contributed by atoms with Crippen LogP contribution in [-0.4, -0.2) is 28.8 Å². The van der Waals surface area contributed by atoms with Crippen molar-refractivity contribution in [1.82, 2.24) is 5.48 Å². The van der Waals surface area contributed by atoms with Crippen LogP contribution >= 0.6 is 0 Å². The summed E-state index contributed by atoms with van der Waals surface area (Å²) in [5.41, 5.74) is 6.22. The number of rotatable bonds is 9. The lowest BCUT2D eigenvalue weighted by atomic mass is 9.48. The Labute approximate surface area is 206 Å². The van der Waals surface area contributed by atoms with E-state index < -0.39 is 11.9 Å². The molecule has 1 amide bonds. The normalized spacial score (nSPS) is 26.7. The highest BCUT2D eigenvalue weighted by Crippen LogP contribution is 2.62. The van der Waals surface area contributed by atoms with E-state index in [9.17, 15) is 9.59 Å². The third-order valence-corrected chi connectivity index (χ3v) is 8.18. The summed E-state index contributed by atoms with van der Waals surface area (Å²) in [6.45, 7) is 0.427. The van der Waals surface area contributed by atoms with Crippen molar-refractivity contribution < 1.29 is 24.6 Å². The zero-order chi connectivity index (χ0) is 24.4. The number of hydroxylamine groups is 1. The van der Waals surface area contributed by atoms with Crippen LogP contribution in [0.4, 0.5) is 0 Å². The van der Waals surface area contributed by atoms with Crippen LogP contribution in [0.15, 0.2) is 48.5 Å². The number of ether oxygens (including phenoxy) is 1. The van der Waals surface area contributed by atoms with E-state index in [4.69, 9.17) is 15.1 Å². The number of carbonyl (C=O) groups excluding carboxylic acids is 1. The van der Waals surface area contributed by atoms with Gasteiger partial charge in [0.05, 0.1) is 6.61 Å². The lowest BCUT2D eigenvalue weighted by Gasteiger charge is -2.57. The minimum Gasteiger partial charge on any atom is -0.493 e. The van der Waals surface area contributed by atoms with Crippen molar-refractivity contribution in [3.8, 4) is 16.9 Å². The van der Waals surface area contributed by atoms with Gasteiger partial charge in [-0.05, 0) is 103 Å². The van der Waals surface area contributed by atoms with Gasteiger partial charge in [-0.1, -0.05) is 30.3 Å². The minimum absolute atomic E-state index is 0.159. The molecule has 4 aliphatic rings. The van der Waals surface area contributed by atoms with Crippen molar-refractivity contribution in [2.75, 3.05) is 6.61 Å². The summed E-state index contributed by atoms with van der Waals surface area (Å²) < 4.78 is 6.26. The summed E-state index contributed by atoms with van der Waals surface area (Å²) in [5.74, 6) is 2.00. The summed E-state index contributed by atoms with van der Waals surface area (Å²) in [6.07, 6.45) is 11.3. The maximum Gasteiger partial charge on any atom is 0.328 e. The fourth-order valence-electron chi connectivity index (χ4n) is 7.12. The average molecular weight is 476 g/mol. The maximum atomic E-state index is 11.4. The van der Waals surface area contributed by atoms with E-state index >= 15 is 0 Å². The van der Waals surface area contributed by atoms with Gasteiger partial charge >= 0.3 is 5.97 Å². The first-order valence-corrected chi connectivity index (χ1v) is 12.7. The Morgan fingerprint density at radius 1 is 0.971 bits per heavy atom. The second-order valence-electron chi connectivity index (χ2n) is 10.7. The van der Waals surface area contributed by atoms with E-state index in [1.54, 1.807) is 11.6 Å². The fraction of sp³-hybridized carbons (Fsp3) is 0.448. The van der Waals surface area contributed by atoms with Gasteiger partial charge in [-0.3, -0.25) is 10.0 Å². The highest BCUT2D eigenvalue weighted by Gasteiger charge is 2.52. The smallest absolute Gasteiger partial charge is 0.328 e. The molecular weight excluding hydrogens is 442 g/mol. The van der Waals surface area contributed by atoms with Gasteiger partial charge in [0.15, 0.2) is 0 Å². The molecule has 6 rings (SSSR count). The van der Waals surface area contributed by atoms with Crippen LogP contribution in [0.5, 0.6) is 5.75 Å². The molecule has 0 aliphatic heterocycles. The second-order valence-corrected chi connectivity index (χ2v) is 10.7. The molecule has 3 N–H and O–H groups in total. The van der Waals surface area contributed by atoms with Crippen molar-refractivity contribution in [1.29, 1.82) is 0 Å². The van der Waals surface area contributed by atoms with Crippen LogP contribution < -0.4 is 10.2 Å². The quantitative estimate of drug-likeness (QED) is 0.190. The Morgan fingerprint density at radius 2 is 1.60 bits per heavy atom. The molecule has 0 saturated heterocycles. The zero-order valence-electron chi connectivity index (χ0n) is 19.9. The van der Waals surface area contributed by atoms with E-state index in [1.807, 2.05) is 24.3 Å². The molecule has 2 aromatic rings. The molecule has 4 saturated carbocycles. The van der Waals surface area contributed by atoms with Crippen molar-refractivity contribution in [3.63, 3.8) is 0 Å². The molecule has 0 heterocycles. The van der Waals surface area contributed by atoms with Gasteiger partial charge in [0.1, 0.15) is 5.75 Å². The van der Waals surface area contributed by atoms with E-state index in [1.165, 1.54) is 44.1 Å². The molecule has 35 heavy (non-hydrogen) atoms. The van der Waals surface area contributed by atoms with Gasteiger partial charge in [-0.25, -0.2) is 10.3 Å².